The van der Waals surface area contributed by atoms with Crippen LogP contribution in [0.3, 0.4) is 0 Å². The van der Waals surface area contributed by atoms with Crippen molar-refractivity contribution in [3.8, 4) is 11.5 Å². The van der Waals surface area contributed by atoms with E-state index in [2.05, 4.69) is 22.2 Å². The molecule has 1 amide bonds. The Hall–Kier alpha value is -3.26. The Morgan fingerprint density at radius 2 is 1.94 bits per heavy atom. The fourth-order valence-corrected chi connectivity index (χ4v) is 3.73. The van der Waals surface area contributed by atoms with Gasteiger partial charge in [0.05, 0.1) is 19.4 Å². The molecule has 1 N–H and O–H groups in total. The van der Waals surface area contributed by atoms with Crippen LogP contribution in [0.2, 0.25) is 0 Å². The lowest BCUT2D eigenvalue weighted by molar-refractivity contribution is -0.113. The van der Waals surface area contributed by atoms with Crippen LogP contribution in [0.5, 0.6) is 11.5 Å². The van der Waals surface area contributed by atoms with Crippen molar-refractivity contribution in [3.05, 3.63) is 71.9 Å². The first-order valence-electron chi connectivity index (χ1n) is 9.80. The number of benzene rings is 2. The number of methoxy groups -OCH3 is 1. The van der Waals surface area contributed by atoms with E-state index in [1.165, 1.54) is 11.8 Å². The Bertz CT molecular complexity index is 1050. The largest absolute Gasteiger partial charge is 0.497 e. The highest BCUT2D eigenvalue weighted by molar-refractivity contribution is 8.00. The molecule has 3 aromatic rings. The number of nitrogens with zero attached hydrogens (tertiary/aromatic N) is 3. The highest BCUT2D eigenvalue weighted by Crippen LogP contribution is 2.25. The summed E-state index contributed by atoms with van der Waals surface area (Å²) in [7, 11) is 1.62. The Balaban J connectivity index is 1.66. The number of carbonyl (C=O) groups excluding carboxylic acids is 1. The fourth-order valence-electron chi connectivity index (χ4n) is 2.86. The molecule has 3 rings (SSSR count). The Labute approximate surface area is 186 Å². The van der Waals surface area contributed by atoms with Crippen molar-refractivity contribution in [2.24, 2.45) is 0 Å². The van der Waals surface area contributed by atoms with E-state index in [1.54, 1.807) is 17.9 Å². The van der Waals surface area contributed by atoms with Crippen LogP contribution in [0.1, 0.15) is 16.8 Å². The maximum Gasteiger partial charge on any atom is 0.234 e. The first kappa shape index (κ1) is 22.4. The highest BCUT2D eigenvalue weighted by Gasteiger charge is 2.16. The summed E-state index contributed by atoms with van der Waals surface area (Å²) >= 11 is 1.38. The number of aryl methyl sites for hydroxylation is 1. The van der Waals surface area contributed by atoms with E-state index >= 15 is 0 Å². The highest BCUT2D eigenvalue weighted by atomic mass is 32.2. The number of nitrogens with one attached hydrogen (secondary N) is 1. The van der Waals surface area contributed by atoms with Gasteiger partial charge in [0, 0.05) is 5.69 Å². The Morgan fingerprint density at radius 1 is 1.19 bits per heavy atom. The van der Waals surface area contributed by atoms with Crippen molar-refractivity contribution >= 4 is 23.4 Å². The van der Waals surface area contributed by atoms with Gasteiger partial charge in [0.1, 0.15) is 28.8 Å². The molecule has 0 saturated heterocycles. The Morgan fingerprint density at radius 3 is 2.65 bits per heavy atom. The van der Waals surface area contributed by atoms with Crippen LogP contribution in [0.25, 0.3) is 0 Å². The number of anilines is 1. The lowest BCUT2D eigenvalue weighted by atomic mass is 10.1. The van der Waals surface area contributed by atoms with Gasteiger partial charge in [0.2, 0.25) is 5.91 Å². The molecule has 31 heavy (non-hydrogen) atoms. The fraction of sp³-hybridized carbons (Fsp3) is 0.261. The van der Waals surface area contributed by atoms with Crippen LogP contribution in [0.4, 0.5) is 5.69 Å². The zero-order valence-corrected chi connectivity index (χ0v) is 18.7. The van der Waals surface area contributed by atoms with Gasteiger partial charge < -0.3 is 14.8 Å². The van der Waals surface area contributed by atoms with Crippen LogP contribution in [-0.2, 0) is 17.9 Å². The molecule has 162 valence electrons. The predicted molar refractivity (Wildman–Crippen MR) is 123 cm³/mol. The molecule has 0 aliphatic rings. The predicted octanol–water partition coefficient (Wildman–Crippen LogP) is 4.40. The number of carbonyl (C=O) groups is 1. The molecule has 2 aromatic carbocycles. The molecule has 0 aliphatic carbocycles. The van der Waals surface area contributed by atoms with Crippen molar-refractivity contribution in [1.82, 2.24) is 15.0 Å². The maximum absolute atomic E-state index is 12.5. The number of amides is 1. The number of hydrogen-bond acceptors (Lipinski definition) is 6. The molecular weight excluding hydrogens is 412 g/mol. The SMILES string of the molecule is C=CCn1nnc(COc2ccc(OC)cc2)c1SCC(=O)Nc1cccc(C)c1C. The van der Waals surface area contributed by atoms with Crippen LogP contribution in [0, 0.1) is 13.8 Å². The summed E-state index contributed by atoms with van der Waals surface area (Å²) in [6.45, 7) is 8.52. The summed E-state index contributed by atoms with van der Waals surface area (Å²) < 4.78 is 12.7. The van der Waals surface area contributed by atoms with E-state index in [0.29, 0.717) is 18.0 Å². The summed E-state index contributed by atoms with van der Waals surface area (Å²) in [5.41, 5.74) is 3.69. The number of aromatic nitrogens is 3. The molecule has 1 aromatic heterocycles. The smallest absolute Gasteiger partial charge is 0.234 e. The summed E-state index contributed by atoms with van der Waals surface area (Å²) in [6, 6.07) is 13.2. The number of thioether (sulfide) groups is 1. The number of ether oxygens (including phenoxy) is 2. The van der Waals surface area contributed by atoms with E-state index in [1.807, 2.05) is 56.3 Å². The topological polar surface area (TPSA) is 78.3 Å². The zero-order valence-electron chi connectivity index (χ0n) is 17.9. The third kappa shape index (κ3) is 5.88. The van der Waals surface area contributed by atoms with E-state index in [-0.39, 0.29) is 18.3 Å². The average molecular weight is 439 g/mol. The number of rotatable bonds is 10. The van der Waals surface area contributed by atoms with Crippen LogP contribution < -0.4 is 14.8 Å². The lowest BCUT2D eigenvalue weighted by Gasteiger charge is -2.11. The van der Waals surface area contributed by atoms with Gasteiger partial charge in [-0.15, -0.1) is 11.7 Å². The van der Waals surface area contributed by atoms with Crippen molar-refractivity contribution < 1.29 is 14.3 Å². The molecule has 7 nitrogen and oxygen atoms in total. The van der Waals surface area contributed by atoms with Crippen molar-refractivity contribution in [2.75, 3.05) is 18.2 Å². The maximum atomic E-state index is 12.5. The van der Waals surface area contributed by atoms with Crippen LogP contribution in [0.15, 0.2) is 60.1 Å². The molecule has 0 radical (unpaired) electrons. The van der Waals surface area contributed by atoms with E-state index in [4.69, 9.17) is 9.47 Å². The van der Waals surface area contributed by atoms with Crippen molar-refractivity contribution in [2.45, 2.75) is 32.0 Å². The Kier molecular flexibility index (Phi) is 7.72. The molecule has 1 heterocycles. The van der Waals surface area contributed by atoms with Crippen LogP contribution >= 0.6 is 11.8 Å². The normalized spacial score (nSPS) is 10.5. The molecule has 0 unspecified atom stereocenters. The molecule has 0 atom stereocenters. The molecule has 0 aliphatic heterocycles. The second-order valence-electron chi connectivity index (χ2n) is 6.86. The first-order valence-corrected chi connectivity index (χ1v) is 10.8. The van der Waals surface area contributed by atoms with Gasteiger partial charge in [-0.05, 0) is 55.3 Å². The summed E-state index contributed by atoms with van der Waals surface area (Å²) in [4.78, 5) is 12.5. The summed E-state index contributed by atoms with van der Waals surface area (Å²) in [5, 5.41) is 12.2. The third-order valence-corrected chi connectivity index (χ3v) is 5.84. The van der Waals surface area contributed by atoms with Gasteiger partial charge in [-0.25, -0.2) is 4.68 Å². The molecular formula is C23H26N4O3S. The van der Waals surface area contributed by atoms with E-state index < -0.39 is 0 Å². The monoisotopic (exact) mass is 438 g/mol. The van der Waals surface area contributed by atoms with E-state index in [9.17, 15) is 4.79 Å². The summed E-state index contributed by atoms with van der Waals surface area (Å²) in [6.07, 6.45) is 1.74. The molecule has 0 bridgehead atoms. The van der Waals surface area contributed by atoms with Gasteiger partial charge in [-0.3, -0.25) is 4.79 Å². The minimum absolute atomic E-state index is 0.0907. The zero-order chi connectivity index (χ0) is 22.2. The van der Waals surface area contributed by atoms with Gasteiger partial charge in [0.15, 0.2) is 0 Å². The molecule has 8 heteroatoms. The standard InChI is InChI=1S/C23H26N4O3S/c1-5-13-27-23(31-15-22(28)24-20-8-6-7-16(2)17(20)3)21(25-26-27)14-30-19-11-9-18(29-4)10-12-19/h5-12H,1,13-15H2,2-4H3,(H,24,28). The molecule has 0 saturated carbocycles. The third-order valence-electron chi connectivity index (χ3n) is 4.71. The van der Waals surface area contributed by atoms with Gasteiger partial charge in [0.25, 0.3) is 0 Å². The van der Waals surface area contributed by atoms with Gasteiger partial charge >= 0.3 is 0 Å². The second-order valence-corrected chi connectivity index (χ2v) is 7.82. The quantitative estimate of drug-likeness (QED) is 0.373. The van der Waals surface area contributed by atoms with Gasteiger partial charge in [-0.1, -0.05) is 35.2 Å². The van der Waals surface area contributed by atoms with Crippen LogP contribution in [-0.4, -0.2) is 33.8 Å². The van der Waals surface area contributed by atoms with Gasteiger partial charge in [-0.2, -0.15) is 0 Å². The van der Waals surface area contributed by atoms with Crippen molar-refractivity contribution in [1.29, 1.82) is 0 Å². The molecule has 0 spiro atoms. The minimum atomic E-state index is -0.0907. The number of allylic oxidation sites excluding steroid dienone is 1. The lowest BCUT2D eigenvalue weighted by Crippen LogP contribution is -2.16. The molecule has 0 fully saturated rings. The summed E-state index contributed by atoms with van der Waals surface area (Å²) in [5.74, 6) is 1.60. The number of hydrogen-bond donors (Lipinski definition) is 1. The second kappa shape index (κ2) is 10.7. The minimum Gasteiger partial charge on any atom is -0.497 e. The average Bonchev–Trinajstić information content (AvgIpc) is 3.16. The van der Waals surface area contributed by atoms with E-state index in [0.717, 1.165) is 27.6 Å². The first-order chi connectivity index (χ1) is 15.0. The van der Waals surface area contributed by atoms with Crippen molar-refractivity contribution in [3.63, 3.8) is 0 Å².